The summed E-state index contributed by atoms with van der Waals surface area (Å²) in [7, 11) is 0. The van der Waals surface area contributed by atoms with Crippen molar-refractivity contribution in [3.8, 4) is 0 Å². The topological polar surface area (TPSA) is 70.1 Å². The molecule has 4 nitrogen and oxygen atoms in total. The average molecular weight is 132 g/mol. The molecule has 2 atom stereocenters. The number of carbonyl (C=O) groups is 1. The first-order valence-electron chi connectivity index (χ1n) is 2.63. The summed E-state index contributed by atoms with van der Waals surface area (Å²) < 4.78 is 4.67. The van der Waals surface area contributed by atoms with Gasteiger partial charge in [-0.1, -0.05) is 0 Å². The fourth-order valence-electron chi connectivity index (χ4n) is 0.661. The van der Waals surface area contributed by atoms with Gasteiger partial charge in [0.15, 0.2) is 5.60 Å². The van der Waals surface area contributed by atoms with Gasteiger partial charge in [-0.05, 0) is 6.92 Å². The van der Waals surface area contributed by atoms with Crippen LogP contribution in [0.3, 0.4) is 0 Å². The van der Waals surface area contributed by atoms with E-state index in [4.69, 9.17) is 10.2 Å². The van der Waals surface area contributed by atoms with E-state index in [1.807, 2.05) is 0 Å². The van der Waals surface area contributed by atoms with Crippen LogP contribution in [0.25, 0.3) is 0 Å². The van der Waals surface area contributed by atoms with Gasteiger partial charge in [0.25, 0.3) is 0 Å². The molecule has 1 heterocycles. The van der Waals surface area contributed by atoms with Gasteiger partial charge in [0, 0.05) is 0 Å². The van der Waals surface area contributed by atoms with Crippen LogP contribution in [0, 0.1) is 0 Å². The predicted molar refractivity (Wildman–Crippen MR) is 28.0 cm³/mol. The SMILES string of the molecule is CC1(C(=O)O)OC1CO. The third-order valence-corrected chi connectivity index (χ3v) is 1.53. The summed E-state index contributed by atoms with van der Waals surface area (Å²) in [6, 6.07) is 0. The maximum absolute atomic E-state index is 10.2. The van der Waals surface area contributed by atoms with E-state index in [1.54, 1.807) is 0 Å². The molecule has 0 radical (unpaired) electrons. The quantitative estimate of drug-likeness (QED) is 0.483. The molecule has 1 saturated heterocycles. The molecule has 2 N–H and O–H groups in total. The van der Waals surface area contributed by atoms with E-state index in [-0.39, 0.29) is 6.61 Å². The Morgan fingerprint density at radius 2 is 2.44 bits per heavy atom. The van der Waals surface area contributed by atoms with Crippen LogP contribution in [0.15, 0.2) is 0 Å². The highest BCUT2D eigenvalue weighted by molar-refractivity contribution is 5.80. The molecule has 0 amide bonds. The third kappa shape index (κ3) is 0.799. The minimum atomic E-state index is -1.12. The van der Waals surface area contributed by atoms with Crippen molar-refractivity contribution in [1.82, 2.24) is 0 Å². The number of aliphatic carboxylic acids is 1. The van der Waals surface area contributed by atoms with Crippen molar-refractivity contribution >= 4 is 5.97 Å². The van der Waals surface area contributed by atoms with Crippen LogP contribution in [0.2, 0.25) is 0 Å². The monoisotopic (exact) mass is 132 g/mol. The van der Waals surface area contributed by atoms with Gasteiger partial charge in [-0.15, -0.1) is 0 Å². The second kappa shape index (κ2) is 1.68. The zero-order valence-corrected chi connectivity index (χ0v) is 5.00. The standard InChI is InChI=1S/C5H8O4/c1-5(4(7)8)3(2-6)9-5/h3,6H,2H2,1H3,(H,7,8). The Balaban J connectivity index is 2.52. The first-order chi connectivity index (χ1) is 4.11. The van der Waals surface area contributed by atoms with Crippen LogP contribution in [0.1, 0.15) is 6.92 Å². The minimum absolute atomic E-state index is 0.219. The highest BCUT2D eigenvalue weighted by Gasteiger charge is 2.58. The summed E-state index contributed by atoms with van der Waals surface area (Å²) in [6.45, 7) is 1.22. The number of aliphatic hydroxyl groups excluding tert-OH is 1. The number of epoxide rings is 1. The molecule has 0 aliphatic carbocycles. The second-order valence-electron chi connectivity index (χ2n) is 2.20. The summed E-state index contributed by atoms with van der Waals surface area (Å²) in [6.07, 6.45) is -0.505. The smallest absolute Gasteiger partial charge is 0.338 e. The van der Waals surface area contributed by atoms with Crippen molar-refractivity contribution < 1.29 is 19.7 Å². The van der Waals surface area contributed by atoms with Gasteiger partial charge in [-0.2, -0.15) is 0 Å². The van der Waals surface area contributed by atoms with Crippen molar-refractivity contribution in [2.45, 2.75) is 18.6 Å². The number of ether oxygens (including phenoxy) is 1. The van der Waals surface area contributed by atoms with E-state index in [0.717, 1.165) is 0 Å². The molecule has 0 spiro atoms. The van der Waals surface area contributed by atoms with Gasteiger partial charge in [-0.25, -0.2) is 4.79 Å². The van der Waals surface area contributed by atoms with Gasteiger partial charge in [0.2, 0.25) is 0 Å². The number of carboxylic acids is 1. The van der Waals surface area contributed by atoms with Crippen molar-refractivity contribution in [3.63, 3.8) is 0 Å². The molecule has 0 aromatic heterocycles. The Kier molecular flexibility index (Phi) is 1.22. The zero-order chi connectivity index (χ0) is 7.07. The lowest BCUT2D eigenvalue weighted by Gasteiger charge is -1.93. The van der Waals surface area contributed by atoms with E-state index in [0.29, 0.717) is 0 Å². The Morgan fingerprint density at radius 1 is 1.89 bits per heavy atom. The Morgan fingerprint density at radius 3 is 2.56 bits per heavy atom. The van der Waals surface area contributed by atoms with Crippen LogP contribution in [-0.2, 0) is 9.53 Å². The van der Waals surface area contributed by atoms with Crippen molar-refractivity contribution in [3.05, 3.63) is 0 Å². The van der Waals surface area contributed by atoms with Crippen molar-refractivity contribution in [2.24, 2.45) is 0 Å². The number of carboxylic acid groups (broad SMARTS) is 1. The molecular formula is C5H8O4. The maximum Gasteiger partial charge on any atom is 0.338 e. The number of hydrogen-bond donors (Lipinski definition) is 2. The average Bonchev–Trinajstić information content (AvgIpc) is 2.44. The Hall–Kier alpha value is -0.610. The van der Waals surface area contributed by atoms with E-state index in [1.165, 1.54) is 6.92 Å². The van der Waals surface area contributed by atoms with E-state index in [9.17, 15) is 4.79 Å². The van der Waals surface area contributed by atoms with Crippen LogP contribution < -0.4 is 0 Å². The number of rotatable bonds is 2. The first-order valence-corrected chi connectivity index (χ1v) is 2.63. The summed E-state index contributed by atoms with van der Waals surface area (Å²) in [5, 5.41) is 16.8. The third-order valence-electron chi connectivity index (χ3n) is 1.53. The lowest BCUT2D eigenvalue weighted by molar-refractivity contribution is -0.142. The molecule has 1 fully saturated rings. The fraction of sp³-hybridized carbons (Fsp3) is 0.800. The van der Waals surface area contributed by atoms with Crippen molar-refractivity contribution in [1.29, 1.82) is 0 Å². The fourth-order valence-corrected chi connectivity index (χ4v) is 0.661. The van der Waals surface area contributed by atoms with Crippen LogP contribution >= 0.6 is 0 Å². The summed E-state index contributed by atoms with van der Waals surface area (Å²) in [4.78, 5) is 10.2. The zero-order valence-electron chi connectivity index (χ0n) is 5.00. The summed E-state index contributed by atoms with van der Waals surface area (Å²) >= 11 is 0. The van der Waals surface area contributed by atoms with Crippen LogP contribution in [0.4, 0.5) is 0 Å². The highest BCUT2D eigenvalue weighted by Crippen LogP contribution is 2.35. The number of hydrogen-bond acceptors (Lipinski definition) is 3. The van der Waals surface area contributed by atoms with Gasteiger partial charge >= 0.3 is 5.97 Å². The van der Waals surface area contributed by atoms with Gasteiger partial charge in [0.1, 0.15) is 6.10 Å². The molecule has 2 unspecified atom stereocenters. The van der Waals surface area contributed by atoms with Crippen molar-refractivity contribution in [2.75, 3.05) is 6.61 Å². The maximum atomic E-state index is 10.2. The molecule has 0 aromatic carbocycles. The van der Waals surface area contributed by atoms with E-state index < -0.39 is 17.7 Å². The second-order valence-corrected chi connectivity index (χ2v) is 2.20. The van der Waals surface area contributed by atoms with Gasteiger partial charge < -0.3 is 14.9 Å². The lowest BCUT2D eigenvalue weighted by Crippen LogP contribution is -2.23. The van der Waals surface area contributed by atoms with Gasteiger partial charge in [0.05, 0.1) is 6.61 Å². The summed E-state index contributed by atoms with van der Waals surface area (Å²) in [5.74, 6) is -1.01. The molecule has 1 aliphatic heterocycles. The molecule has 52 valence electrons. The molecule has 1 rings (SSSR count). The molecule has 0 saturated carbocycles. The van der Waals surface area contributed by atoms with Gasteiger partial charge in [-0.3, -0.25) is 0 Å². The molecule has 0 aromatic rings. The molecule has 9 heavy (non-hydrogen) atoms. The predicted octanol–water partition coefficient (Wildman–Crippen LogP) is -0.779. The molecule has 0 bridgehead atoms. The van der Waals surface area contributed by atoms with Crippen LogP contribution in [-0.4, -0.2) is 34.5 Å². The normalized spacial score (nSPS) is 40.4. The van der Waals surface area contributed by atoms with Crippen LogP contribution in [0.5, 0.6) is 0 Å². The number of aliphatic hydroxyl groups is 1. The summed E-state index contributed by atoms with van der Waals surface area (Å²) in [5.41, 5.74) is -1.12. The molecule has 1 aliphatic rings. The lowest BCUT2D eigenvalue weighted by atomic mass is 10.1. The largest absolute Gasteiger partial charge is 0.479 e. The Bertz CT molecular complexity index is 144. The molecular weight excluding hydrogens is 124 g/mol. The highest BCUT2D eigenvalue weighted by atomic mass is 16.6. The first kappa shape index (κ1) is 6.51. The minimum Gasteiger partial charge on any atom is -0.479 e. The molecule has 4 heteroatoms. The Labute approximate surface area is 52.1 Å². The van der Waals surface area contributed by atoms with E-state index >= 15 is 0 Å². The van der Waals surface area contributed by atoms with E-state index in [2.05, 4.69) is 4.74 Å².